The number of aromatic nitrogens is 2. The molecular formula is C18H14Cl3N3O. The van der Waals surface area contributed by atoms with E-state index in [1.54, 1.807) is 35.1 Å². The molecule has 0 radical (unpaired) electrons. The molecule has 25 heavy (non-hydrogen) atoms. The first-order valence-electron chi connectivity index (χ1n) is 7.47. The van der Waals surface area contributed by atoms with Crippen molar-refractivity contribution in [2.24, 2.45) is 0 Å². The van der Waals surface area contributed by atoms with Gasteiger partial charge in [0.05, 0.1) is 6.54 Å². The summed E-state index contributed by atoms with van der Waals surface area (Å²) in [4.78, 5) is 12.3. The van der Waals surface area contributed by atoms with Gasteiger partial charge in [-0.3, -0.25) is 9.48 Å². The van der Waals surface area contributed by atoms with E-state index < -0.39 is 0 Å². The smallest absolute Gasteiger partial charge is 0.256 e. The van der Waals surface area contributed by atoms with Crippen LogP contribution in [0.25, 0.3) is 0 Å². The summed E-state index contributed by atoms with van der Waals surface area (Å²) in [6.07, 6.45) is 1.64. The van der Waals surface area contributed by atoms with Gasteiger partial charge in [-0.15, -0.1) is 0 Å². The Kier molecular flexibility index (Phi) is 5.33. The molecule has 0 unspecified atom stereocenters. The first-order chi connectivity index (χ1) is 11.9. The molecule has 0 aliphatic rings. The van der Waals surface area contributed by atoms with Gasteiger partial charge in [0, 0.05) is 21.8 Å². The van der Waals surface area contributed by atoms with E-state index >= 15 is 0 Å². The van der Waals surface area contributed by atoms with E-state index in [1.165, 1.54) is 0 Å². The van der Waals surface area contributed by atoms with Crippen molar-refractivity contribution < 1.29 is 4.79 Å². The van der Waals surface area contributed by atoms with Gasteiger partial charge in [-0.2, -0.15) is 5.10 Å². The van der Waals surface area contributed by atoms with Gasteiger partial charge in [0.2, 0.25) is 0 Å². The number of anilines is 1. The van der Waals surface area contributed by atoms with Crippen molar-refractivity contribution in [3.05, 3.63) is 80.4 Å². The summed E-state index contributed by atoms with van der Waals surface area (Å²) >= 11 is 18.3. The van der Waals surface area contributed by atoms with Gasteiger partial charge in [-0.25, -0.2) is 0 Å². The monoisotopic (exact) mass is 393 g/mol. The normalized spacial score (nSPS) is 10.7. The van der Waals surface area contributed by atoms with E-state index in [2.05, 4.69) is 10.4 Å². The highest BCUT2D eigenvalue weighted by atomic mass is 35.5. The number of benzene rings is 2. The summed E-state index contributed by atoms with van der Waals surface area (Å²) in [7, 11) is 0. The first kappa shape index (κ1) is 17.8. The molecular weight excluding hydrogens is 381 g/mol. The number of nitrogens with zero attached hydrogens (tertiary/aromatic N) is 2. The van der Waals surface area contributed by atoms with Crippen molar-refractivity contribution in [1.82, 2.24) is 9.78 Å². The van der Waals surface area contributed by atoms with Crippen LogP contribution >= 0.6 is 34.8 Å². The molecule has 0 saturated carbocycles. The summed E-state index contributed by atoms with van der Waals surface area (Å²) in [5, 5.41) is 8.51. The number of rotatable bonds is 4. The molecule has 1 amide bonds. The molecule has 0 aliphatic carbocycles. The molecule has 128 valence electrons. The molecule has 0 spiro atoms. The van der Waals surface area contributed by atoms with E-state index in [-0.39, 0.29) is 5.91 Å². The molecule has 0 atom stereocenters. The predicted octanol–water partition coefficient (Wildman–Crippen LogP) is 5.45. The van der Waals surface area contributed by atoms with Gasteiger partial charge in [-0.1, -0.05) is 58.6 Å². The maximum absolute atomic E-state index is 12.3. The van der Waals surface area contributed by atoms with Crippen LogP contribution < -0.4 is 5.32 Å². The fourth-order valence-electron chi connectivity index (χ4n) is 2.35. The van der Waals surface area contributed by atoms with Crippen LogP contribution in [0, 0.1) is 6.92 Å². The Labute approximate surface area is 160 Å². The third kappa shape index (κ3) is 4.34. The van der Waals surface area contributed by atoms with Crippen LogP contribution in [0.2, 0.25) is 15.1 Å². The third-order valence-corrected chi connectivity index (χ3v) is 4.44. The lowest BCUT2D eigenvalue weighted by Gasteiger charge is -2.05. The molecule has 0 bridgehead atoms. The third-order valence-electron chi connectivity index (χ3n) is 3.58. The van der Waals surface area contributed by atoms with Crippen LogP contribution in [-0.2, 0) is 6.54 Å². The molecule has 3 rings (SSSR count). The first-order valence-corrected chi connectivity index (χ1v) is 8.60. The lowest BCUT2D eigenvalue weighted by atomic mass is 10.1. The van der Waals surface area contributed by atoms with E-state index in [9.17, 15) is 4.79 Å². The summed E-state index contributed by atoms with van der Waals surface area (Å²) < 4.78 is 1.61. The van der Waals surface area contributed by atoms with Gasteiger partial charge >= 0.3 is 0 Å². The fraction of sp³-hybridized carbons (Fsp3) is 0.111. The van der Waals surface area contributed by atoms with Gasteiger partial charge in [0.15, 0.2) is 5.82 Å². The Morgan fingerprint density at radius 2 is 1.92 bits per heavy atom. The molecule has 0 saturated heterocycles. The largest absolute Gasteiger partial charge is 0.304 e. The lowest BCUT2D eigenvalue weighted by Crippen LogP contribution is -2.13. The number of aryl methyl sites for hydroxylation is 1. The number of carbonyl (C=O) groups is 1. The number of hydrogen-bond donors (Lipinski definition) is 1. The number of carbonyl (C=O) groups excluding carboxylic acids is 1. The van der Waals surface area contributed by atoms with Crippen LogP contribution in [-0.4, -0.2) is 15.7 Å². The summed E-state index contributed by atoms with van der Waals surface area (Å²) in [5.41, 5.74) is 2.40. The average molecular weight is 395 g/mol. The number of nitrogens with one attached hydrogen (secondary N) is 1. The molecule has 1 aromatic heterocycles. The van der Waals surface area contributed by atoms with Gasteiger partial charge in [0.25, 0.3) is 5.91 Å². The second-order valence-electron chi connectivity index (χ2n) is 5.58. The van der Waals surface area contributed by atoms with Gasteiger partial charge in [-0.05, 0) is 36.8 Å². The van der Waals surface area contributed by atoms with Crippen LogP contribution in [0.5, 0.6) is 0 Å². The second-order valence-corrected chi connectivity index (χ2v) is 6.83. The van der Waals surface area contributed by atoms with Crippen molar-refractivity contribution >= 4 is 46.5 Å². The van der Waals surface area contributed by atoms with E-state index in [1.807, 2.05) is 25.1 Å². The minimum atomic E-state index is -0.264. The highest BCUT2D eigenvalue weighted by Gasteiger charge is 2.13. The molecule has 7 heteroatoms. The zero-order valence-electron chi connectivity index (χ0n) is 13.3. The van der Waals surface area contributed by atoms with E-state index in [4.69, 9.17) is 34.8 Å². The highest BCUT2D eigenvalue weighted by Crippen LogP contribution is 2.24. The zero-order valence-corrected chi connectivity index (χ0v) is 15.5. The molecule has 4 nitrogen and oxygen atoms in total. The Balaban J connectivity index is 1.77. The zero-order chi connectivity index (χ0) is 18.0. The lowest BCUT2D eigenvalue weighted by molar-refractivity contribution is 0.102. The number of halogens is 3. The Morgan fingerprint density at radius 3 is 2.64 bits per heavy atom. The molecule has 1 N–H and O–H groups in total. The summed E-state index contributed by atoms with van der Waals surface area (Å²) in [6, 6.07) is 12.5. The van der Waals surface area contributed by atoms with Crippen molar-refractivity contribution in [1.29, 1.82) is 0 Å². The van der Waals surface area contributed by atoms with Crippen LogP contribution in [0.15, 0.2) is 48.7 Å². The maximum Gasteiger partial charge on any atom is 0.256 e. The second kappa shape index (κ2) is 7.48. The van der Waals surface area contributed by atoms with Crippen LogP contribution in [0.4, 0.5) is 5.82 Å². The van der Waals surface area contributed by atoms with Crippen LogP contribution in [0.1, 0.15) is 21.5 Å². The van der Waals surface area contributed by atoms with E-state index in [0.717, 1.165) is 11.1 Å². The van der Waals surface area contributed by atoms with Crippen molar-refractivity contribution in [3.8, 4) is 0 Å². The molecule has 3 aromatic rings. The molecule has 2 aromatic carbocycles. The average Bonchev–Trinajstić information content (AvgIpc) is 2.89. The van der Waals surface area contributed by atoms with Crippen molar-refractivity contribution in [3.63, 3.8) is 0 Å². The summed E-state index contributed by atoms with van der Waals surface area (Å²) in [5.74, 6) is 0.0404. The molecule has 1 heterocycles. The fourth-order valence-corrected chi connectivity index (χ4v) is 3.02. The molecule has 0 aliphatic heterocycles. The Bertz CT molecular complexity index is 937. The quantitative estimate of drug-likeness (QED) is 0.639. The standard InChI is InChI=1S/C18H14Cl3N3O/c1-11-3-2-4-12(7-11)18(25)22-17-16(21)10-24(23-17)9-13-5-6-14(19)8-15(13)20/h2-8,10H,9H2,1H3,(H,22,23,25). The summed E-state index contributed by atoms with van der Waals surface area (Å²) in [6.45, 7) is 2.34. The Morgan fingerprint density at radius 1 is 1.12 bits per heavy atom. The number of hydrogen-bond acceptors (Lipinski definition) is 2. The van der Waals surface area contributed by atoms with Crippen molar-refractivity contribution in [2.45, 2.75) is 13.5 Å². The SMILES string of the molecule is Cc1cccc(C(=O)Nc2nn(Cc3ccc(Cl)cc3Cl)cc2Cl)c1. The minimum absolute atomic E-state index is 0.264. The van der Waals surface area contributed by atoms with Gasteiger partial charge < -0.3 is 5.32 Å². The predicted molar refractivity (Wildman–Crippen MR) is 102 cm³/mol. The highest BCUT2D eigenvalue weighted by molar-refractivity contribution is 6.35. The Hall–Kier alpha value is -2.01. The topological polar surface area (TPSA) is 46.9 Å². The number of amides is 1. The molecule has 0 fully saturated rings. The van der Waals surface area contributed by atoms with Gasteiger partial charge in [0.1, 0.15) is 5.02 Å². The maximum atomic E-state index is 12.3. The van der Waals surface area contributed by atoms with Crippen molar-refractivity contribution in [2.75, 3.05) is 5.32 Å². The van der Waals surface area contributed by atoms with Crippen LogP contribution in [0.3, 0.4) is 0 Å². The van der Waals surface area contributed by atoms with E-state index in [0.29, 0.717) is 33.0 Å². The minimum Gasteiger partial charge on any atom is -0.304 e.